The van der Waals surface area contributed by atoms with Crippen LogP contribution < -0.4 is 5.32 Å². The Morgan fingerprint density at radius 1 is 0.958 bits per heavy atom. The number of carbonyl (C=O) groups excluding carboxylic acids is 2. The molecule has 4 nitrogen and oxygen atoms in total. The van der Waals surface area contributed by atoms with E-state index in [2.05, 4.69) is 5.32 Å². The molecule has 3 rings (SSSR count). The summed E-state index contributed by atoms with van der Waals surface area (Å²) in [5.41, 5.74) is 1.07. The predicted octanol–water partition coefficient (Wildman–Crippen LogP) is 2.92. The second-order valence-corrected chi connectivity index (χ2v) is 5.86. The molecule has 0 unspecified atom stereocenters. The van der Waals surface area contributed by atoms with Crippen LogP contribution in [0.2, 0.25) is 0 Å². The van der Waals surface area contributed by atoms with Crippen molar-refractivity contribution >= 4 is 11.8 Å². The highest BCUT2D eigenvalue weighted by Gasteiger charge is 2.29. The molecular formula is C19H19FN2O2. The molecule has 1 atom stereocenters. The Kier molecular flexibility index (Phi) is 4.89. The molecule has 1 aliphatic rings. The smallest absolute Gasteiger partial charge is 0.252 e. The second kappa shape index (κ2) is 7.25. The molecule has 2 aromatic carbocycles. The molecule has 124 valence electrons. The summed E-state index contributed by atoms with van der Waals surface area (Å²) in [4.78, 5) is 27.1. The molecule has 1 aliphatic heterocycles. The van der Waals surface area contributed by atoms with Gasteiger partial charge < -0.3 is 10.2 Å². The molecule has 1 saturated heterocycles. The van der Waals surface area contributed by atoms with Crippen molar-refractivity contribution in [3.63, 3.8) is 0 Å². The van der Waals surface area contributed by atoms with E-state index in [1.165, 1.54) is 24.3 Å². The number of likely N-dealkylation sites (tertiary alicyclic amines) is 1. The lowest BCUT2D eigenvalue weighted by Crippen LogP contribution is -2.41. The zero-order chi connectivity index (χ0) is 16.9. The maximum absolute atomic E-state index is 13.0. The first kappa shape index (κ1) is 16.2. The fraction of sp³-hybridized carbons (Fsp3) is 0.263. The number of hydrogen-bond donors (Lipinski definition) is 1. The Labute approximate surface area is 140 Å². The van der Waals surface area contributed by atoms with Crippen LogP contribution in [0.5, 0.6) is 0 Å². The molecule has 0 spiro atoms. The third-order valence-electron chi connectivity index (χ3n) is 4.18. The molecule has 1 heterocycles. The zero-order valence-corrected chi connectivity index (χ0v) is 13.2. The first-order chi connectivity index (χ1) is 11.6. The van der Waals surface area contributed by atoms with Crippen molar-refractivity contribution in [2.75, 3.05) is 13.1 Å². The second-order valence-electron chi connectivity index (χ2n) is 5.86. The summed E-state index contributed by atoms with van der Waals surface area (Å²) in [6, 6.07) is 13.7. The minimum atomic E-state index is -0.734. The SMILES string of the molecule is O=C(N[C@H](C(=O)N1CCCC1)c1ccccc1)c1ccc(F)cc1. The van der Waals surface area contributed by atoms with Crippen molar-refractivity contribution in [2.45, 2.75) is 18.9 Å². The highest BCUT2D eigenvalue weighted by atomic mass is 19.1. The molecule has 1 N–H and O–H groups in total. The van der Waals surface area contributed by atoms with E-state index in [1.54, 1.807) is 4.90 Å². The Morgan fingerprint density at radius 2 is 1.58 bits per heavy atom. The summed E-state index contributed by atoms with van der Waals surface area (Å²) in [5, 5.41) is 2.79. The molecule has 0 radical (unpaired) electrons. The van der Waals surface area contributed by atoms with Gasteiger partial charge in [0.15, 0.2) is 0 Å². The van der Waals surface area contributed by atoms with Crippen molar-refractivity contribution in [1.82, 2.24) is 10.2 Å². The maximum Gasteiger partial charge on any atom is 0.252 e. The monoisotopic (exact) mass is 326 g/mol. The van der Waals surface area contributed by atoms with Crippen molar-refractivity contribution in [3.8, 4) is 0 Å². The third kappa shape index (κ3) is 3.62. The molecular weight excluding hydrogens is 307 g/mol. The van der Waals surface area contributed by atoms with Crippen molar-refractivity contribution in [1.29, 1.82) is 0 Å². The first-order valence-electron chi connectivity index (χ1n) is 8.05. The van der Waals surface area contributed by atoms with E-state index < -0.39 is 17.8 Å². The maximum atomic E-state index is 13.0. The van der Waals surface area contributed by atoms with Crippen LogP contribution in [0.25, 0.3) is 0 Å². The van der Waals surface area contributed by atoms with Gasteiger partial charge in [-0.1, -0.05) is 30.3 Å². The van der Waals surface area contributed by atoms with Gasteiger partial charge in [-0.15, -0.1) is 0 Å². The van der Waals surface area contributed by atoms with Crippen molar-refractivity contribution in [2.24, 2.45) is 0 Å². The molecule has 0 saturated carbocycles. The van der Waals surface area contributed by atoms with E-state index in [9.17, 15) is 14.0 Å². The summed E-state index contributed by atoms with van der Waals surface area (Å²) in [6.45, 7) is 1.43. The van der Waals surface area contributed by atoms with Crippen molar-refractivity contribution < 1.29 is 14.0 Å². The fourth-order valence-corrected chi connectivity index (χ4v) is 2.87. The van der Waals surface area contributed by atoms with Crippen molar-refractivity contribution in [3.05, 3.63) is 71.5 Å². The average molecular weight is 326 g/mol. The molecule has 2 aromatic rings. The van der Waals surface area contributed by atoms with Gasteiger partial charge in [0.1, 0.15) is 11.9 Å². The van der Waals surface area contributed by atoms with Crippen LogP contribution in [0.1, 0.15) is 34.8 Å². The lowest BCUT2D eigenvalue weighted by molar-refractivity contribution is -0.132. The van der Waals surface area contributed by atoms with E-state index in [1.807, 2.05) is 30.3 Å². The Bertz CT molecular complexity index is 710. The standard InChI is InChI=1S/C19H19FN2O2/c20-16-10-8-15(9-11-16)18(23)21-17(14-6-2-1-3-7-14)19(24)22-12-4-5-13-22/h1-3,6-11,17H,4-5,12-13H2,(H,21,23)/t17-/m0/s1. The molecule has 24 heavy (non-hydrogen) atoms. The molecule has 2 amide bonds. The van der Waals surface area contributed by atoms with Gasteiger partial charge in [0.05, 0.1) is 0 Å². The van der Waals surface area contributed by atoms with Gasteiger partial charge in [-0.3, -0.25) is 9.59 Å². The van der Waals surface area contributed by atoms with Gasteiger partial charge in [-0.2, -0.15) is 0 Å². The van der Waals surface area contributed by atoms with Crippen LogP contribution >= 0.6 is 0 Å². The van der Waals surface area contributed by atoms with Crippen LogP contribution in [-0.2, 0) is 4.79 Å². The average Bonchev–Trinajstić information content (AvgIpc) is 3.15. The number of halogens is 1. The summed E-state index contributed by atoms with van der Waals surface area (Å²) >= 11 is 0. The van der Waals surface area contributed by atoms with Crippen LogP contribution in [0.3, 0.4) is 0 Å². The zero-order valence-electron chi connectivity index (χ0n) is 13.2. The summed E-state index contributed by atoms with van der Waals surface area (Å²) < 4.78 is 13.0. The van der Waals surface area contributed by atoms with E-state index in [0.717, 1.165) is 18.4 Å². The van der Waals surface area contributed by atoms with Crippen LogP contribution in [-0.4, -0.2) is 29.8 Å². The van der Waals surface area contributed by atoms with Crippen LogP contribution in [0, 0.1) is 5.82 Å². The van der Waals surface area contributed by atoms with Gasteiger partial charge in [0, 0.05) is 18.7 Å². The molecule has 5 heteroatoms. The number of nitrogens with one attached hydrogen (secondary N) is 1. The number of amides is 2. The first-order valence-corrected chi connectivity index (χ1v) is 8.05. The normalized spacial score (nSPS) is 15.1. The molecule has 0 aromatic heterocycles. The minimum absolute atomic E-state index is 0.103. The van der Waals surface area contributed by atoms with E-state index in [4.69, 9.17) is 0 Å². The predicted molar refractivity (Wildman–Crippen MR) is 88.9 cm³/mol. The lowest BCUT2D eigenvalue weighted by atomic mass is 10.0. The molecule has 0 aliphatic carbocycles. The number of nitrogens with zero attached hydrogens (tertiary/aromatic N) is 1. The summed E-state index contributed by atoms with van der Waals surface area (Å²) in [7, 11) is 0. The minimum Gasteiger partial charge on any atom is -0.341 e. The van der Waals surface area contributed by atoms with Gasteiger partial charge in [0.25, 0.3) is 5.91 Å². The van der Waals surface area contributed by atoms with Gasteiger partial charge >= 0.3 is 0 Å². The van der Waals surface area contributed by atoms with E-state index >= 15 is 0 Å². The summed E-state index contributed by atoms with van der Waals surface area (Å²) in [5.74, 6) is -0.898. The number of carbonyl (C=O) groups is 2. The number of rotatable bonds is 4. The van der Waals surface area contributed by atoms with Crippen LogP contribution in [0.4, 0.5) is 4.39 Å². The highest BCUT2D eigenvalue weighted by Crippen LogP contribution is 2.20. The Hall–Kier alpha value is -2.69. The summed E-state index contributed by atoms with van der Waals surface area (Å²) in [6.07, 6.45) is 1.97. The largest absolute Gasteiger partial charge is 0.341 e. The Balaban J connectivity index is 1.83. The quantitative estimate of drug-likeness (QED) is 0.939. The Morgan fingerprint density at radius 3 is 2.21 bits per heavy atom. The van der Waals surface area contributed by atoms with Crippen LogP contribution in [0.15, 0.2) is 54.6 Å². The number of benzene rings is 2. The highest BCUT2D eigenvalue weighted by molar-refractivity contribution is 5.97. The number of hydrogen-bond acceptors (Lipinski definition) is 2. The molecule has 0 bridgehead atoms. The van der Waals surface area contributed by atoms with E-state index in [0.29, 0.717) is 18.7 Å². The lowest BCUT2D eigenvalue weighted by Gasteiger charge is -2.24. The topological polar surface area (TPSA) is 49.4 Å². The third-order valence-corrected chi connectivity index (χ3v) is 4.18. The van der Waals surface area contributed by atoms with Gasteiger partial charge in [-0.25, -0.2) is 4.39 Å². The van der Waals surface area contributed by atoms with Gasteiger partial charge in [-0.05, 0) is 42.7 Å². The fourth-order valence-electron chi connectivity index (χ4n) is 2.87. The van der Waals surface area contributed by atoms with Gasteiger partial charge in [0.2, 0.25) is 5.91 Å². The molecule has 1 fully saturated rings. The van der Waals surface area contributed by atoms with E-state index in [-0.39, 0.29) is 5.91 Å².